The number of carbonyl (C=O) groups is 2. The van der Waals surface area contributed by atoms with Crippen LogP contribution in [0.3, 0.4) is 0 Å². The quantitative estimate of drug-likeness (QED) is 0.645. The minimum Gasteiger partial charge on any atom is -0.477 e. The molecular formula is C14H21N3O3. The van der Waals surface area contributed by atoms with Gasteiger partial charge in [-0.2, -0.15) is 0 Å². The zero-order valence-electron chi connectivity index (χ0n) is 11.9. The first-order valence-corrected chi connectivity index (χ1v) is 6.93. The number of aromatic carboxylic acids is 1. The molecule has 1 aliphatic rings. The Labute approximate surface area is 118 Å². The number of nitrogens with one attached hydrogen (secondary N) is 3. The number of aryl methyl sites for hydroxylation is 1. The van der Waals surface area contributed by atoms with Gasteiger partial charge in [-0.3, -0.25) is 0 Å². The number of anilines is 1. The Morgan fingerprint density at radius 1 is 1.45 bits per heavy atom. The Hall–Kier alpha value is -1.98. The molecule has 0 aliphatic heterocycles. The maximum atomic E-state index is 11.8. The number of carboxylic acids is 1. The first-order valence-electron chi connectivity index (χ1n) is 6.93. The van der Waals surface area contributed by atoms with Crippen LogP contribution in [0, 0.1) is 12.3 Å². The highest BCUT2D eigenvalue weighted by Crippen LogP contribution is 2.48. The van der Waals surface area contributed by atoms with Gasteiger partial charge in [0.1, 0.15) is 5.69 Å². The van der Waals surface area contributed by atoms with Crippen LogP contribution in [0.15, 0.2) is 6.07 Å². The summed E-state index contributed by atoms with van der Waals surface area (Å²) in [6, 6.07) is 1.26. The van der Waals surface area contributed by atoms with E-state index in [1.807, 2.05) is 0 Å². The Bertz CT molecular complexity index is 518. The molecule has 0 unspecified atom stereocenters. The molecule has 2 amide bonds. The molecule has 2 rings (SSSR count). The summed E-state index contributed by atoms with van der Waals surface area (Å²) in [6.07, 6.45) is 4.55. The minimum absolute atomic E-state index is 0.00680. The number of hydrogen-bond donors (Lipinski definition) is 4. The highest BCUT2D eigenvalue weighted by molar-refractivity contribution is 5.99. The maximum Gasteiger partial charge on any atom is 0.354 e. The largest absolute Gasteiger partial charge is 0.477 e. The molecule has 110 valence electrons. The third-order valence-corrected chi connectivity index (χ3v) is 3.78. The molecule has 6 nitrogen and oxygen atoms in total. The molecule has 1 aromatic rings. The van der Waals surface area contributed by atoms with Gasteiger partial charge in [-0.25, -0.2) is 9.59 Å². The van der Waals surface area contributed by atoms with Crippen LogP contribution in [0.5, 0.6) is 0 Å². The zero-order valence-corrected chi connectivity index (χ0v) is 11.9. The van der Waals surface area contributed by atoms with Gasteiger partial charge >= 0.3 is 12.0 Å². The van der Waals surface area contributed by atoms with E-state index < -0.39 is 5.97 Å². The van der Waals surface area contributed by atoms with Gasteiger partial charge in [0, 0.05) is 12.2 Å². The summed E-state index contributed by atoms with van der Waals surface area (Å²) in [6.45, 7) is 4.54. The maximum absolute atomic E-state index is 11.8. The number of amides is 2. The van der Waals surface area contributed by atoms with Gasteiger partial charge in [0.15, 0.2) is 0 Å². The fourth-order valence-electron chi connectivity index (χ4n) is 2.51. The van der Waals surface area contributed by atoms with Gasteiger partial charge in [0.2, 0.25) is 0 Å². The van der Waals surface area contributed by atoms with E-state index in [0.717, 1.165) is 25.7 Å². The molecule has 0 radical (unpaired) electrons. The molecule has 0 spiro atoms. The van der Waals surface area contributed by atoms with E-state index in [-0.39, 0.29) is 17.1 Å². The summed E-state index contributed by atoms with van der Waals surface area (Å²) in [5.74, 6) is -1.09. The van der Waals surface area contributed by atoms with E-state index in [1.54, 1.807) is 13.0 Å². The van der Waals surface area contributed by atoms with Crippen molar-refractivity contribution in [3.05, 3.63) is 17.5 Å². The average molecular weight is 279 g/mol. The zero-order chi connectivity index (χ0) is 14.8. The topological polar surface area (TPSA) is 94.2 Å². The van der Waals surface area contributed by atoms with Crippen LogP contribution in [0.1, 0.15) is 48.8 Å². The number of H-pyrrole nitrogens is 1. The van der Waals surface area contributed by atoms with E-state index in [9.17, 15) is 9.59 Å². The summed E-state index contributed by atoms with van der Waals surface area (Å²) in [4.78, 5) is 25.6. The van der Waals surface area contributed by atoms with E-state index in [4.69, 9.17) is 5.11 Å². The third-order valence-electron chi connectivity index (χ3n) is 3.78. The smallest absolute Gasteiger partial charge is 0.354 e. The van der Waals surface area contributed by atoms with Crippen molar-refractivity contribution in [3.8, 4) is 0 Å². The summed E-state index contributed by atoms with van der Waals surface area (Å²) in [7, 11) is 0. The normalized spacial score (nSPS) is 15.7. The van der Waals surface area contributed by atoms with Crippen LogP contribution in [-0.2, 0) is 0 Å². The molecule has 0 saturated heterocycles. The monoisotopic (exact) mass is 279 g/mol. The predicted octanol–water partition coefficient (Wildman–Crippen LogP) is 2.72. The van der Waals surface area contributed by atoms with Crippen molar-refractivity contribution >= 4 is 17.7 Å². The molecule has 1 aromatic heterocycles. The number of urea groups is 1. The number of carbonyl (C=O) groups excluding carboxylic acids is 1. The number of carboxylic acid groups (broad SMARTS) is 1. The summed E-state index contributed by atoms with van der Waals surface area (Å²) in [5.41, 5.74) is 1.28. The molecule has 0 atom stereocenters. The summed E-state index contributed by atoms with van der Waals surface area (Å²) >= 11 is 0. The lowest BCUT2D eigenvalue weighted by molar-refractivity contribution is 0.0692. The van der Waals surface area contributed by atoms with Crippen molar-refractivity contribution in [3.63, 3.8) is 0 Å². The minimum atomic E-state index is -1.09. The molecule has 1 aliphatic carbocycles. The fraction of sp³-hybridized carbons (Fsp3) is 0.571. The molecule has 0 bridgehead atoms. The molecule has 1 heterocycles. The third kappa shape index (κ3) is 3.31. The summed E-state index contributed by atoms with van der Waals surface area (Å²) in [5, 5.41) is 14.5. The standard InChI is InChI=1S/C14H21N3O3/c1-3-4-14(5-6-14)8-15-13(20)17-10-7-9(2)16-11(10)12(18)19/h7,16H,3-6,8H2,1-2H3,(H,18,19)(H2,15,17,20). The molecule has 1 saturated carbocycles. The van der Waals surface area contributed by atoms with Crippen LogP contribution in [0.4, 0.5) is 10.5 Å². The van der Waals surface area contributed by atoms with Crippen LogP contribution < -0.4 is 10.6 Å². The Morgan fingerprint density at radius 3 is 2.70 bits per heavy atom. The van der Waals surface area contributed by atoms with Gasteiger partial charge in [-0.15, -0.1) is 0 Å². The van der Waals surface area contributed by atoms with Gasteiger partial charge in [-0.1, -0.05) is 13.3 Å². The van der Waals surface area contributed by atoms with Crippen molar-refractivity contribution in [1.29, 1.82) is 0 Å². The SMILES string of the molecule is CCCC1(CNC(=O)Nc2cc(C)[nH]c2C(=O)O)CC1. The molecule has 1 fully saturated rings. The lowest BCUT2D eigenvalue weighted by atomic mass is 10.0. The molecule has 4 N–H and O–H groups in total. The lowest BCUT2D eigenvalue weighted by Crippen LogP contribution is -2.34. The molecular weight excluding hydrogens is 258 g/mol. The van der Waals surface area contributed by atoms with Crippen molar-refractivity contribution < 1.29 is 14.7 Å². The van der Waals surface area contributed by atoms with Crippen LogP contribution in [0.2, 0.25) is 0 Å². The average Bonchev–Trinajstić information content (AvgIpc) is 3.04. The van der Waals surface area contributed by atoms with Gasteiger partial charge in [-0.05, 0) is 37.7 Å². The van der Waals surface area contributed by atoms with Crippen molar-refractivity contribution in [2.45, 2.75) is 39.5 Å². The Balaban J connectivity index is 1.90. The van der Waals surface area contributed by atoms with E-state index in [0.29, 0.717) is 17.9 Å². The lowest BCUT2D eigenvalue weighted by Gasteiger charge is -2.15. The highest BCUT2D eigenvalue weighted by Gasteiger charge is 2.41. The van der Waals surface area contributed by atoms with E-state index in [1.165, 1.54) is 0 Å². The van der Waals surface area contributed by atoms with Crippen molar-refractivity contribution in [2.75, 3.05) is 11.9 Å². The van der Waals surface area contributed by atoms with Gasteiger partial charge in [0.05, 0.1) is 5.69 Å². The van der Waals surface area contributed by atoms with E-state index in [2.05, 4.69) is 22.5 Å². The predicted molar refractivity (Wildman–Crippen MR) is 76.1 cm³/mol. The van der Waals surface area contributed by atoms with Crippen molar-refractivity contribution in [2.24, 2.45) is 5.41 Å². The van der Waals surface area contributed by atoms with Gasteiger partial charge in [0.25, 0.3) is 0 Å². The molecule has 0 aromatic carbocycles. The number of aromatic nitrogens is 1. The highest BCUT2D eigenvalue weighted by atomic mass is 16.4. The van der Waals surface area contributed by atoms with Crippen LogP contribution >= 0.6 is 0 Å². The number of hydrogen-bond acceptors (Lipinski definition) is 2. The second-order valence-electron chi connectivity index (χ2n) is 5.60. The number of rotatable bonds is 6. The molecule has 6 heteroatoms. The molecule has 20 heavy (non-hydrogen) atoms. The summed E-state index contributed by atoms with van der Waals surface area (Å²) < 4.78 is 0. The first-order chi connectivity index (χ1) is 9.46. The van der Waals surface area contributed by atoms with E-state index >= 15 is 0 Å². The van der Waals surface area contributed by atoms with Crippen LogP contribution in [0.25, 0.3) is 0 Å². The van der Waals surface area contributed by atoms with Crippen molar-refractivity contribution in [1.82, 2.24) is 10.3 Å². The van der Waals surface area contributed by atoms with Crippen LogP contribution in [-0.4, -0.2) is 28.6 Å². The Kier molecular flexibility index (Phi) is 4.01. The fourth-order valence-corrected chi connectivity index (χ4v) is 2.51. The second kappa shape index (κ2) is 5.56. The number of aromatic amines is 1. The first kappa shape index (κ1) is 14.4. The Morgan fingerprint density at radius 2 is 2.15 bits per heavy atom. The second-order valence-corrected chi connectivity index (χ2v) is 5.60. The van der Waals surface area contributed by atoms with Gasteiger partial charge < -0.3 is 20.7 Å².